The molecule has 2 aromatic rings. The minimum atomic E-state index is -0.147. The molecular weight excluding hydrogens is 428 g/mol. The highest BCUT2D eigenvalue weighted by Crippen LogP contribution is 2.46. The first-order chi connectivity index (χ1) is 16.5. The van der Waals surface area contributed by atoms with Crippen molar-refractivity contribution < 1.29 is 23.8 Å². The van der Waals surface area contributed by atoms with Crippen molar-refractivity contribution in [2.45, 2.75) is 83.3 Å². The minimum Gasteiger partial charge on any atom is -0.497 e. The predicted molar refractivity (Wildman–Crippen MR) is 132 cm³/mol. The van der Waals surface area contributed by atoms with Gasteiger partial charge in [0.25, 0.3) is 0 Å². The molecule has 34 heavy (non-hydrogen) atoms. The number of hydrogen-bond acceptors (Lipinski definition) is 5. The van der Waals surface area contributed by atoms with Crippen LogP contribution in [0.4, 0.5) is 0 Å². The van der Waals surface area contributed by atoms with Crippen LogP contribution in [-0.4, -0.2) is 37.5 Å². The van der Waals surface area contributed by atoms with Crippen molar-refractivity contribution >= 4 is 11.6 Å². The first kappa shape index (κ1) is 24.5. The number of ketones is 2. The van der Waals surface area contributed by atoms with Crippen LogP contribution in [-0.2, 0) is 4.74 Å². The molecule has 2 aromatic carbocycles. The van der Waals surface area contributed by atoms with E-state index in [1.54, 1.807) is 13.2 Å². The highest BCUT2D eigenvalue weighted by atomic mass is 16.5. The first-order valence-corrected chi connectivity index (χ1v) is 12.7. The third-order valence-electron chi connectivity index (χ3n) is 7.08. The average molecular weight is 465 g/mol. The Hall–Kier alpha value is -2.66. The van der Waals surface area contributed by atoms with Crippen molar-refractivity contribution in [1.82, 2.24) is 0 Å². The quantitative estimate of drug-likeness (QED) is 0.296. The van der Waals surface area contributed by atoms with Crippen LogP contribution in [0, 0.1) is 0 Å². The van der Waals surface area contributed by atoms with Crippen molar-refractivity contribution in [2.24, 2.45) is 0 Å². The zero-order valence-corrected chi connectivity index (χ0v) is 20.6. The molecule has 4 rings (SSSR count). The summed E-state index contributed by atoms with van der Waals surface area (Å²) in [5, 5.41) is 0. The summed E-state index contributed by atoms with van der Waals surface area (Å²) in [5.41, 5.74) is 3.10. The second-order valence-corrected chi connectivity index (χ2v) is 9.45. The molecule has 1 fully saturated rings. The van der Waals surface area contributed by atoms with Gasteiger partial charge in [0.2, 0.25) is 0 Å². The van der Waals surface area contributed by atoms with E-state index in [-0.39, 0.29) is 23.6 Å². The third kappa shape index (κ3) is 5.35. The van der Waals surface area contributed by atoms with E-state index in [1.165, 1.54) is 6.42 Å². The van der Waals surface area contributed by atoms with E-state index < -0.39 is 0 Å². The molecule has 0 saturated carbocycles. The summed E-state index contributed by atoms with van der Waals surface area (Å²) in [7, 11) is 1.65. The molecule has 5 nitrogen and oxygen atoms in total. The Kier molecular flexibility index (Phi) is 8.04. The molecule has 3 atom stereocenters. The average Bonchev–Trinajstić information content (AvgIpc) is 3.21. The summed E-state index contributed by atoms with van der Waals surface area (Å²) in [6.45, 7) is 4.72. The standard InChI is InChI=1S/C29H36O5/c1-4-26(30)24-17-21(27(31)14-6-5-11-22-12-7-8-15-33-22)18-25-28(19(2)34-29(24)25)20-10-9-13-23(16-20)32-3/h9-10,13,16-19,22,28H,4-8,11-12,14-15H2,1-3H3/t19-,22+,28+/m1/s1. The number of rotatable bonds is 10. The van der Waals surface area contributed by atoms with Gasteiger partial charge in [0.05, 0.1) is 18.8 Å². The molecule has 2 aliphatic rings. The Balaban J connectivity index is 1.56. The second kappa shape index (κ2) is 11.2. The van der Waals surface area contributed by atoms with Gasteiger partial charge in [-0.25, -0.2) is 0 Å². The van der Waals surface area contributed by atoms with Crippen LogP contribution in [0.1, 0.15) is 103 Å². The summed E-state index contributed by atoms with van der Waals surface area (Å²) >= 11 is 0. The van der Waals surface area contributed by atoms with Gasteiger partial charge in [-0.15, -0.1) is 0 Å². The van der Waals surface area contributed by atoms with Gasteiger partial charge in [-0.3, -0.25) is 9.59 Å². The highest BCUT2D eigenvalue weighted by molar-refractivity contribution is 6.04. The van der Waals surface area contributed by atoms with Gasteiger partial charge in [0, 0.05) is 36.5 Å². The van der Waals surface area contributed by atoms with Crippen LogP contribution < -0.4 is 9.47 Å². The topological polar surface area (TPSA) is 61.8 Å². The largest absolute Gasteiger partial charge is 0.497 e. The fourth-order valence-electron chi connectivity index (χ4n) is 5.20. The number of carbonyl (C=O) groups excluding carboxylic acids is 2. The molecular formula is C29H36O5. The Bertz CT molecular complexity index is 1020. The molecule has 182 valence electrons. The maximum absolute atomic E-state index is 13.2. The third-order valence-corrected chi connectivity index (χ3v) is 7.08. The van der Waals surface area contributed by atoms with E-state index in [4.69, 9.17) is 14.2 Å². The Morgan fingerprint density at radius 1 is 1.09 bits per heavy atom. The summed E-state index contributed by atoms with van der Waals surface area (Å²) in [6.07, 6.45) is 7.40. The van der Waals surface area contributed by atoms with Gasteiger partial charge in [0.15, 0.2) is 11.6 Å². The maximum Gasteiger partial charge on any atom is 0.166 e. The van der Waals surface area contributed by atoms with Crippen molar-refractivity contribution in [3.63, 3.8) is 0 Å². The van der Waals surface area contributed by atoms with Crippen LogP contribution in [0.15, 0.2) is 36.4 Å². The van der Waals surface area contributed by atoms with Gasteiger partial charge in [-0.05, 0) is 68.9 Å². The van der Waals surface area contributed by atoms with E-state index in [0.29, 0.717) is 35.8 Å². The van der Waals surface area contributed by atoms with Gasteiger partial charge >= 0.3 is 0 Å². The number of ether oxygens (including phenoxy) is 3. The number of fused-ring (bicyclic) bond motifs is 1. The lowest BCUT2D eigenvalue weighted by Crippen LogP contribution is -2.18. The number of methoxy groups -OCH3 is 1. The van der Waals surface area contributed by atoms with Crippen LogP contribution in [0.3, 0.4) is 0 Å². The van der Waals surface area contributed by atoms with Crippen molar-refractivity contribution in [2.75, 3.05) is 13.7 Å². The van der Waals surface area contributed by atoms with Crippen molar-refractivity contribution in [3.8, 4) is 11.5 Å². The lowest BCUT2D eigenvalue weighted by atomic mass is 9.85. The number of hydrogen-bond donors (Lipinski definition) is 0. The molecule has 0 spiro atoms. The highest BCUT2D eigenvalue weighted by Gasteiger charge is 2.36. The lowest BCUT2D eigenvalue weighted by Gasteiger charge is -2.22. The molecule has 0 bridgehead atoms. The zero-order chi connectivity index (χ0) is 24.1. The van der Waals surface area contributed by atoms with Gasteiger partial charge in [-0.2, -0.15) is 0 Å². The molecule has 1 saturated heterocycles. The number of benzene rings is 2. The van der Waals surface area contributed by atoms with Crippen LogP contribution in [0.5, 0.6) is 11.5 Å². The smallest absolute Gasteiger partial charge is 0.166 e. The summed E-state index contributed by atoms with van der Waals surface area (Å²) in [4.78, 5) is 26.0. The monoisotopic (exact) mass is 464 g/mol. The van der Waals surface area contributed by atoms with Gasteiger partial charge in [-0.1, -0.05) is 25.5 Å². The first-order valence-electron chi connectivity index (χ1n) is 12.7. The normalized spacial score (nSPS) is 21.6. The number of Topliss-reactive ketones (excluding diaryl/α,β-unsaturated/α-hetero) is 2. The van der Waals surface area contributed by atoms with E-state index in [9.17, 15) is 9.59 Å². The van der Waals surface area contributed by atoms with Gasteiger partial charge < -0.3 is 14.2 Å². The van der Waals surface area contributed by atoms with E-state index in [2.05, 4.69) is 0 Å². The second-order valence-electron chi connectivity index (χ2n) is 9.45. The summed E-state index contributed by atoms with van der Waals surface area (Å²) in [5.74, 6) is 1.42. The van der Waals surface area contributed by atoms with E-state index in [0.717, 1.165) is 55.6 Å². The molecule has 0 N–H and O–H groups in total. The molecule has 5 heteroatoms. The molecule has 0 amide bonds. The summed E-state index contributed by atoms with van der Waals surface area (Å²) < 4.78 is 17.4. The molecule has 2 aliphatic heterocycles. The summed E-state index contributed by atoms with van der Waals surface area (Å²) in [6, 6.07) is 11.6. The van der Waals surface area contributed by atoms with Crippen LogP contribution >= 0.6 is 0 Å². The van der Waals surface area contributed by atoms with Crippen LogP contribution in [0.25, 0.3) is 0 Å². The molecule has 0 aromatic heterocycles. The Morgan fingerprint density at radius 3 is 2.68 bits per heavy atom. The van der Waals surface area contributed by atoms with E-state index >= 15 is 0 Å². The maximum atomic E-state index is 13.2. The Labute approximate surface area is 202 Å². The Morgan fingerprint density at radius 2 is 1.94 bits per heavy atom. The zero-order valence-electron chi connectivity index (χ0n) is 20.6. The minimum absolute atomic E-state index is 0.00107. The molecule has 0 radical (unpaired) electrons. The molecule has 0 aliphatic carbocycles. The predicted octanol–water partition coefficient (Wildman–Crippen LogP) is 6.51. The molecule has 0 unspecified atom stereocenters. The van der Waals surface area contributed by atoms with Crippen molar-refractivity contribution in [1.29, 1.82) is 0 Å². The molecule has 2 heterocycles. The van der Waals surface area contributed by atoms with E-state index in [1.807, 2.05) is 44.2 Å². The fraction of sp³-hybridized carbons (Fsp3) is 0.517. The fourth-order valence-corrected chi connectivity index (χ4v) is 5.20. The lowest BCUT2D eigenvalue weighted by molar-refractivity contribution is 0.00979. The number of carbonyl (C=O) groups is 2. The van der Waals surface area contributed by atoms with Crippen LogP contribution in [0.2, 0.25) is 0 Å². The van der Waals surface area contributed by atoms with Crippen molar-refractivity contribution in [3.05, 3.63) is 58.7 Å². The number of unbranched alkanes of at least 4 members (excludes halogenated alkanes) is 1. The SMILES string of the molecule is CCC(=O)c1cc(C(=O)CCCC[C@H]2CCCCO2)cc2c1O[C@H](C)[C@H]2c1cccc(OC)c1. The van der Waals surface area contributed by atoms with Gasteiger partial charge in [0.1, 0.15) is 17.6 Å².